The van der Waals surface area contributed by atoms with E-state index < -0.39 is 5.97 Å². The van der Waals surface area contributed by atoms with Gasteiger partial charge in [-0.25, -0.2) is 5.10 Å². The first-order valence-corrected chi connectivity index (χ1v) is 14.7. The van der Waals surface area contributed by atoms with Gasteiger partial charge in [0.15, 0.2) is 5.82 Å². The van der Waals surface area contributed by atoms with Crippen molar-refractivity contribution in [1.29, 1.82) is 0 Å². The molecule has 0 aliphatic rings. The van der Waals surface area contributed by atoms with Gasteiger partial charge in [0.05, 0.1) is 6.61 Å². The summed E-state index contributed by atoms with van der Waals surface area (Å²) in [7, 11) is 0. The van der Waals surface area contributed by atoms with E-state index in [0.717, 1.165) is 61.8 Å². The molecular formula is C34H40N4O3. The van der Waals surface area contributed by atoms with Crippen LogP contribution >= 0.6 is 0 Å². The number of tetrazole rings is 1. The maximum absolute atomic E-state index is 11.0. The van der Waals surface area contributed by atoms with Crippen molar-refractivity contribution in [2.45, 2.75) is 64.2 Å². The molecule has 41 heavy (non-hydrogen) atoms. The Morgan fingerprint density at radius 1 is 0.829 bits per heavy atom. The number of carboxylic acid groups (broad SMARTS) is 1. The molecule has 2 N–H and O–H groups in total. The molecule has 0 saturated heterocycles. The van der Waals surface area contributed by atoms with Crippen molar-refractivity contribution in [1.82, 2.24) is 20.6 Å². The van der Waals surface area contributed by atoms with Crippen molar-refractivity contribution in [3.8, 4) is 17.1 Å². The molecule has 3 aromatic carbocycles. The van der Waals surface area contributed by atoms with Gasteiger partial charge in [-0.2, -0.15) is 0 Å². The van der Waals surface area contributed by atoms with Gasteiger partial charge >= 0.3 is 5.97 Å². The van der Waals surface area contributed by atoms with Gasteiger partial charge < -0.3 is 9.84 Å². The SMILES string of the molecule is O=C(O)CCCCC(/C=C/c1ccccc1OCCCCCc1ccccc1)CCc1ccc(-c2nnn[nH]2)cc1. The summed E-state index contributed by atoms with van der Waals surface area (Å²) < 4.78 is 6.18. The topological polar surface area (TPSA) is 101 Å². The van der Waals surface area contributed by atoms with Crippen LogP contribution in [0, 0.1) is 5.92 Å². The summed E-state index contributed by atoms with van der Waals surface area (Å²) in [6.07, 6.45) is 13.6. The smallest absolute Gasteiger partial charge is 0.303 e. The van der Waals surface area contributed by atoms with Crippen molar-refractivity contribution in [2.24, 2.45) is 5.92 Å². The first-order chi connectivity index (χ1) is 20.2. The molecule has 7 nitrogen and oxygen atoms in total. The number of nitrogens with zero attached hydrogens (tertiary/aromatic N) is 3. The molecule has 0 aliphatic heterocycles. The van der Waals surface area contributed by atoms with E-state index in [-0.39, 0.29) is 6.42 Å². The minimum Gasteiger partial charge on any atom is -0.493 e. The predicted molar refractivity (Wildman–Crippen MR) is 162 cm³/mol. The van der Waals surface area contributed by atoms with Crippen LogP contribution in [0.2, 0.25) is 0 Å². The van der Waals surface area contributed by atoms with Crippen molar-refractivity contribution in [3.05, 3.63) is 102 Å². The van der Waals surface area contributed by atoms with Crippen molar-refractivity contribution in [3.63, 3.8) is 0 Å². The van der Waals surface area contributed by atoms with Crippen LogP contribution in [-0.4, -0.2) is 38.3 Å². The summed E-state index contributed by atoms with van der Waals surface area (Å²) >= 11 is 0. The molecule has 1 atom stereocenters. The third-order valence-electron chi connectivity index (χ3n) is 7.27. The van der Waals surface area contributed by atoms with E-state index in [1.165, 1.54) is 17.5 Å². The number of rotatable bonds is 18. The third kappa shape index (κ3) is 10.7. The number of carbonyl (C=O) groups is 1. The molecule has 0 saturated carbocycles. The van der Waals surface area contributed by atoms with Gasteiger partial charge in [-0.05, 0) is 84.9 Å². The molecule has 1 aromatic heterocycles. The van der Waals surface area contributed by atoms with Gasteiger partial charge in [0.25, 0.3) is 0 Å². The lowest BCUT2D eigenvalue weighted by Gasteiger charge is -2.14. The van der Waals surface area contributed by atoms with Gasteiger partial charge in [0, 0.05) is 17.5 Å². The minimum atomic E-state index is -0.731. The van der Waals surface area contributed by atoms with Crippen molar-refractivity contribution >= 4 is 12.0 Å². The second-order valence-corrected chi connectivity index (χ2v) is 10.4. The molecule has 0 fully saturated rings. The number of H-pyrrole nitrogens is 1. The molecule has 214 valence electrons. The Kier molecular flexibility index (Phi) is 12.1. The highest BCUT2D eigenvalue weighted by molar-refractivity contribution is 5.66. The number of hydrogen-bond acceptors (Lipinski definition) is 5. The summed E-state index contributed by atoms with van der Waals surface area (Å²) in [6, 6.07) is 27.1. The number of aromatic nitrogens is 4. The molecule has 7 heteroatoms. The number of benzene rings is 3. The van der Waals surface area contributed by atoms with E-state index in [2.05, 4.69) is 81.3 Å². The molecule has 4 aromatic rings. The normalized spacial score (nSPS) is 12.0. The summed E-state index contributed by atoms with van der Waals surface area (Å²) in [5.41, 5.74) is 4.68. The predicted octanol–water partition coefficient (Wildman–Crippen LogP) is 7.57. The quantitative estimate of drug-likeness (QED) is 0.124. The largest absolute Gasteiger partial charge is 0.493 e. The van der Waals surface area contributed by atoms with Crippen LogP contribution in [0.3, 0.4) is 0 Å². The summed E-state index contributed by atoms with van der Waals surface area (Å²) in [5.74, 6) is 1.18. The average molecular weight is 553 g/mol. The highest BCUT2D eigenvalue weighted by Gasteiger charge is 2.09. The number of hydrogen-bond donors (Lipinski definition) is 2. The Balaban J connectivity index is 1.29. The van der Waals surface area contributed by atoms with Crippen LogP contribution in [-0.2, 0) is 17.6 Å². The zero-order valence-corrected chi connectivity index (χ0v) is 23.6. The standard InChI is InChI=1S/C34H40N4O3/c39-33(40)17-9-6-14-28(18-19-29-21-24-31(25-22-29)34-35-37-38-36-34)20-23-30-15-7-8-16-32(30)41-26-10-2-5-13-27-11-3-1-4-12-27/h1,3-4,7-8,11-12,15-16,20-25,28H,2,5-6,9-10,13-14,17-19,26H2,(H,39,40)(H,35,36,37,38)/b23-20+. The van der Waals surface area contributed by atoms with Crippen LogP contribution in [0.15, 0.2) is 84.9 Å². The van der Waals surface area contributed by atoms with Gasteiger partial charge in [-0.1, -0.05) is 91.4 Å². The van der Waals surface area contributed by atoms with E-state index in [1.54, 1.807) is 0 Å². The lowest BCUT2D eigenvalue weighted by atomic mass is 9.92. The van der Waals surface area contributed by atoms with Gasteiger partial charge in [0.2, 0.25) is 0 Å². The van der Waals surface area contributed by atoms with E-state index >= 15 is 0 Å². The monoisotopic (exact) mass is 552 g/mol. The van der Waals surface area contributed by atoms with E-state index in [0.29, 0.717) is 24.8 Å². The second-order valence-electron chi connectivity index (χ2n) is 10.4. The van der Waals surface area contributed by atoms with Crippen LogP contribution in [0.25, 0.3) is 17.5 Å². The number of para-hydroxylation sites is 1. The number of allylic oxidation sites excluding steroid dienone is 1. The molecule has 1 heterocycles. The Bertz CT molecular complexity index is 1320. The number of aliphatic carboxylic acids is 1. The number of aromatic amines is 1. The molecule has 0 amide bonds. The van der Waals surface area contributed by atoms with Crippen molar-refractivity contribution < 1.29 is 14.6 Å². The number of nitrogens with one attached hydrogen (secondary N) is 1. The summed E-state index contributed by atoms with van der Waals surface area (Å²) in [6.45, 7) is 0.707. The van der Waals surface area contributed by atoms with Gasteiger partial charge in [-0.15, -0.1) is 5.10 Å². The lowest BCUT2D eigenvalue weighted by molar-refractivity contribution is -0.137. The number of unbranched alkanes of at least 4 members (excludes halogenated alkanes) is 3. The van der Waals surface area contributed by atoms with Crippen LogP contribution in [0.1, 0.15) is 68.1 Å². The lowest BCUT2D eigenvalue weighted by Crippen LogP contribution is -2.02. The van der Waals surface area contributed by atoms with Crippen molar-refractivity contribution in [2.75, 3.05) is 6.61 Å². The maximum atomic E-state index is 11.0. The second kappa shape index (κ2) is 16.8. The Hall–Kier alpha value is -4.26. The minimum absolute atomic E-state index is 0.219. The summed E-state index contributed by atoms with van der Waals surface area (Å²) in [5, 5.41) is 23.1. The zero-order valence-electron chi connectivity index (χ0n) is 23.6. The van der Waals surface area contributed by atoms with Gasteiger partial charge in [-0.3, -0.25) is 4.79 Å². The Labute approximate surface area is 242 Å². The maximum Gasteiger partial charge on any atom is 0.303 e. The fraction of sp³-hybridized carbons (Fsp3) is 0.353. The first-order valence-electron chi connectivity index (χ1n) is 14.7. The molecule has 1 unspecified atom stereocenters. The molecule has 0 bridgehead atoms. The molecule has 0 aliphatic carbocycles. The molecule has 0 spiro atoms. The Morgan fingerprint density at radius 3 is 2.39 bits per heavy atom. The number of carboxylic acids is 1. The Morgan fingerprint density at radius 2 is 1.61 bits per heavy atom. The average Bonchev–Trinajstić information content (AvgIpc) is 3.54. The summed E-state index contributed by atoms with van der Waals surface area (Å²) in [4.78, 5) is 11.0. The highest BCUT2D eigenvalue weighted by Crippen LogP contribution is 2.25. The van der Waals surface area contributed by atoms with Gasteiger partial charge in [0.1, 0.15) is 5.75 Å². The van der Waals surface area contributed by atoms with Crippen LogP contribution in [0.4, 0.5) is 0 Å². The first kappa shape index (κ1) is 29.7. The van der Waals surface area contributed by atoms with E-state index in [1.807, 2.05) is 30.3 Å². The van der Waals surface area contributed by atoms with Crippen LogP contribution < -0.4 is 4.74 Å². The molecule has 4 rings (SSSR count). The number of ether oxygens (including phenoxy) is 1. The fourth-order valence-corrected chi connectivity index (χ4v) is 4.91. The van der Waals surface area contributed by atoms with E-state index in [9.17, 15) is 4.79 Å². The molecule has 0 radical (unpaired) electrons. The van der Waals surface area contributed by atoms with Crippen LogP contribution in [0.5, 0.6) is 5.75 Å². The zero-order chi connectivity index (χ0) is 28.5. The number of aryl methyl sites for hydroxylation is 2. The highest BCUT2D eigenvalue weighted by atomic mass is 16.5. The third-order valence-corrected chi connectivity index (χ3v) is 7.27. The van der Waals surface area contributed by atoms with E-state index in [4.69, 9.17) is 9.84 Å². The molecular weight excluding hydrogens is 512 g/mol. The fourth-order valence-electron chi connectivity index (χ4n) is 4.91.